The number of hydrogen-bond donors (Lipinski definition) is 2. The van der Waals surface area contributed by atoms with Gasteiger partial charge in [-0.05, 0) is 36.6 Å². The Labute approximate surface area is 156 Å². The minimum absolute atomic E-state index is 0.209. The van der Waals surface area contributed by atoms with Crippen molar-refractivity contribution in [2.75, 3.05) is 6.61 Å². The molecule has 1 aliphatic rings. The number of rotatable bonds is 5. The van der Waals surface area contributed by atoms with Crippen LogP contribution in [0.15, 0.2) is 48.5 Å². The summed E-state index contributed by atoms with van der Waals surface area (Å²) >= 11 is 5.92. The Kier molecular flexibility index (Phi) is 5.18. The van der Waals surface area contributed by atoms with E-state index in [9.17, 15) is 14.7 Å². The minimum atomic E-state index is -1.51. The molecule has 2 aromatic carbocycles. The molecule has 2 aromatic rings. The Morgan fingerprint density at radius 2 is 1.92 bits per heavy atom. The molecule has 6 heteroatoms. The lowest BCUT2D eigenvalue weighted by Gasteiger charge is -2.33. The van der Waals surface area contributed by atoms with Gasteiger partial charge in [0.1, 0.15) is 5.75 Å². The average Bonchev–Trinajstić information content (AvgIpc) is 2.66. The maximum atomic E-state index is 13.0. The maximum Gasteiger partial charge on any atom is 0.334 e. The molecule has 26 heavy (non-hydrogen) atoms. The van der Waals surface area contributed by atoms with Crippen molar-refractivity contribution in [1.82, 2.24) is 5.32 Å². The van der Waals surface area contributed by atoms with Gasteiger partial charge >= 0.3 is 5.97 Å². The van der Waals surface area contributed by atoms with E-state index >= 15 is 0 Å². The molecule has 2 unspecified atom stereocenters. The second-order valence-corrected chi connectivity index (χ2v) is 6.72. The maximum absolute atomic E-state index is 13.0. The number of benzene rings is 2. The van der Waals surface area contributed by atoms with Crippen LogP contribution >= 0.6 is 11.6 Å². The van der Waals surface area contributed by atoms with E-state index in [1.165, 1.54) is 0 Å². The number of halogens is 1. The molecule has 0 saturated carbocycles. The van der Waals surface area contributed by atoms with E-state index in [0.717, 1.165) is 5.56 Å². The SMILES string of the molecule is CCC(NC(=O)C1CCOc2ccccc21)(C(=O)O)c1ccc(Cl)cc1. The number of para-hydroxylation sites is 1. The second kappa shape index (κ2) is 7.38. The van der Waals surface area contributed by atoms with E-state index < -0.39 is 17.4 Å². The van der Waals surface area contributed by atoms with Crippen LogP contribution in [-0.2, 0) is 15.1 Å². The van der Waals surface area contributed by atoms with Crippen molar-refractivity contribution in [2.45, 2.75) is 31.2 Å². The van der Waals surface area contributed by atoms with Crippen LogP contribution in [-0.4, -0.2) is 23.6 Å². The van der Waals surface area contributed by atoms with Crippen molar-refractivity contribution in [3.05, 3.63) is 64.7 Å². The fraction of sp³-hybridized carbons (Fsp3) is 0.300. The third-order valence-electron chi connectivity index (χ3n) is 4.84. The van der Waals surface area contributed by atoms with Gasteiger partial charge < -0.3 is 15.2 Å². The van der Waals surface area contributed by atoms with Crippen LogP contribution in [0.2, 0.25) is 5.02 Å². The van der Waals surface area contributed by atoms with Crippen LogP contribution < -0.4 is 10.1 Å². The summed E-state index contributed by atoms with van der Waals surface area (Å²) in [5.74, 6) is -1.20. The molecule has 0 aromatic heterocycles. The van der Waals surface area contributed by atoms with E-state index in [4.69, 9.17) is 16.3 Å². The smallest absolute Gasteiger partial charge is 0.334 e. The van der Waals surface area contributed by atoms with Gasteiger partial charge in [0.25, 0.3) is 0 Å². The minimum Gasteiger partial charge on any atom is -0.493 e. The van der Waals surface area contributed by atoms with Crippen molar-refractivity contribution >= 4 is 23.5 Å². The molecule has 1 amide bonds. The van der Waals surface area contributed by atoms with E-state index in [-0.39, 0.29) is 12.3 Å². The number of carboxylic acid groups (broad SMARTS) is 1. The summed E-state index contributed by atoms with van der Waals surface area (Å²) in [4.78, 5) is 25.2. The summed E-state index contributed by atoms with van der Waals surface area (Å²) in [6, 6.07) is 13.9. The summed E-state index contributed by atoms with van der Waals surface area (Å²) < 4.78 is 5.59. The van der Waals surface area contributed by atoms with Crippen molar-refractivity contribution in [3.63, 3.8) is 0 Å². The van der Waals surface area contributed by atoms with Gasteiger partial charge in [-0.15, -0.1) is 0 Å². The number of aliphatic carboxylic acids is 1. The van der Waals surface area contributed by atoms with Crippen molar-refractivity contribution in [2.24, 2.45) is 0 Å². The van der Waals surface area contributed by atoms with Gasteiger partial charge in [0.2, 0.25) is 5.91 Å². The first-order chi connectivity index (χ1) is 12.5. The third-order valence-corrected chi connectivity index (χ3v) is 5.10. The molecule has 0 fully saturated rings. The highest BCUT2D eigenvalue weighted by Gasteiger charge is 2.42. The Bertz CT molecular complexity index is 821. The van der Waals surface area contributed by atoms with E-state index in [2.05, 4.69) is 5.32 Å². The highest BCUT2D eigenvalue weighted by molar-refractivity contribution is 6.30. The Morgan fingerprint density at radius 1 is 1.23 bits per heavy atom. The lowest BCUT2D eigenvalue weighted by atomic mass is 9.85. The molecule has 0 radical (unpaired) electrons. The number of fused-ring (bicyclic) bond motifs is 1. The number of ether oxygens (including phenoxy) is 1. The van der Waals surface area contributed by atoms with E-state index in [0.29, 0.717) is 29.4 Å². The van der Waals surface area contributed by atoms with Gasteiger partial charge in [0.05, 0.1) is 12.5 Å². The summed E-state index contributed by atoms with van der Waals surface area (Å²) in [6.07, 6.45) is 0.712. The summed E-state index contributed by atoms with van der Waals surface area (Å²) in [5, 5.41) is 13.2. The number of carboxylic acids is 1. The zero-order valence-electron chi connectivity index (χ0n) is 14.4. The normalized spacial score (nSPS) is 18.2. The van der Waals surface area contributed by atoms with Gasteiger partial charge in [-0.25, -0.2) is 4.79 Å². The quantitative estimate of drug-likeness (QED) is 0.837. The number of amides is 1. The zero-order chi connectivity index (χ0) is 18.7. The van der Waals surface area contributed by atoms with Crippen molar-refractivity contribution in [1.29, 1.82) is 0 Å². The van der Waals surface area contributed by atoms with Gasteiger partial charge in [-0.1, -0.05) is 48.9 Å². The highest BCUT2D eigenvalue weighted by atomic mass is 35.5. The summed E-state index contributed by atoms with van der Waals surface area (Å²) in [7, 11) is 0. The first-order valence-corrected chi connectivity index (χ1v) is 8.89. The fourth-order valence-corrected chi connectivity index (χ4v) is 3.47. The number of carbonyl (C=O) groups is 2. The second-order valence-electron chi connectivity index (χ2n) is 6.29. The summed E-state index contributed by atoms with van der Waals surface area (Å²) in [6.45, 7) is 2.16. The first kappa shape index (κ1) is 18.3. The van der Waals surface area contributed by atoms with Gasteiger partial charge in [-0.3, -0.25) is 4.79 Å². The molecule has 3 rings (SSSR count). The van der Waals surface area contributed by atoms with Gasteiger partial charge in [0, 0.05) is 10.6 Å². The van der Waals surface area contributed by atoms with Gasteiger partial charge in [0.15, 0.2) is 5.54 Å². The van der Waals surface area contributed by atoms with E-state index in [1.54, 1.807) is 31.2 Å². The number of hydrogen-bond acceptors (Lipinski definition) is 3. The Hall–Kier alpha value is -2.53. The standard InChI is InChI=1S/C20H20ClNO4/c1-2-20(19(24)25,13-7-9-14(21)10-8-13)22-18(23)16-11-12-26-17-6-4-3-5-15(16)17/h3-10,16H,2,11-12H2,1H3,(H,22,23)(H,24,25). The topological polar surface area (TPSA) is 75.6 Å². The monoisotopic (exact) mass is 373 g/mol. The Morgan fingerprint density at radius 3 is 2.58 bits per heavy atom. The molecule has 136 valence electrons. The molecule has 1 heterocycles. The first-order valence-electron chi connectivity index (χ1n) is 8.51. The van der Waals surface area contributed by atoms with Crippen molar-refractivity contribution < 1.29 is 19.4 Å². The Balaban J connectivity index is 1.94. The molecule has 0 bridgehead atoms. The highest BCUT2D eigenvalue weighted by Crippen LogP contribution is 2.35. The van der Waals surface area contributed by atoms with Crippen LogP contribution in [0, 0.1) is 0 Å². The molecule has 2 atom stereocenters. The van der Waals surface area contributed by atoms with Crippen LogP contribution in [0.4, 0.5) is 0 Å². The van der Waals surface area contributed by atoms with Crippen molar-refractivity contribution in [3.8, 4) is 5.75 Å². The van der Waals surface area contributed by atoms with Crippen LogP contribution in [0.3, 0.4) is 0 Å². The molecule has 0 aliphatic carbocycles. The largest absolute Gasteiger partial charge is 0.493 e. The van der Waals surface area contributed by atoms with Gasteiger partial charge in [-0.2, -0.15) is 0 Å². The lowest BCUT2D eigenvalue weighted by molar-refractivity contribution is -0.148. The lowest BCUT2D eigenvalue weighted by Crippen LogP contribution is -2.53. The predicted molar refractivity (Wildman–Crippen MR) is 98.5 cm³/mol. The van der Waals surface area contributed by atoms with Crippen LogP contribution in [0.5, 0.6) is 5.75 Å². The molecule has 5 nitrogen and oxygen atoms in total. The molecule has 0 saturated heterocycles. The number of nitrogens with one attached hydrogen (secondary N) is 1. The van der Waals surface area contributed by atoms with E-state index in [1.807, 2.05) is 24.3 Å². The number of carbonyl (C=O) groups excluding carboxylic acids is 1. The average molecular weight is 374 g/mol. The fourth-order valence-electron chi connectivity index (χ4n) is 3.34. The molecule has 1 aliphatic heterocycles. The molecule has 0 spiro atoms. The predicted octanol–water partition coefficient (Wildman–Crippen LogP) is 3.71. The third kappa shape index (κ3) is 3.27. The zero-order valence-corrected chi connectivity index (χ0v) is 15.1. The molecular weight excluding hydrogens is 354 g/mol. The van der Waals surface area contributed by atoms with Crippen LogP contribution in [0.25, 0.3) is 0 Å². The van der Waals surface area contributed by atoms with Crippen LogP contribution in [0.1, 0.15) is 36.8 Å². The molecular formula is C20H20ClNO4. The summed E-state index contributed by atoms with van der Waals surface area (Å²) in [5.41, 5.74) is -0.233. The molecule has 2 N–H and O–H groups in total.